The lowest BCUT2D eigenvalue weighted by atomic mass is 10.1. The van der Waals surface area contributed by atoms with Gasteiger partial charge in [-0.15, -0.1) is 0 Å². The Balaban J connectivity index is 2.24. The van der Waals surface area contributed by atoms with E-state index in [1.807, 2.05) is 0 Å². The SMILES string of the molecule is COc1ccc(-c2coc3cccc(O)c3c2=O)cc1. The summed E-state index contributed by atoms with van der Waals surface area (Å²) in [6.07, 6.45) is 1.41. The van der Waals surface area contributed by atoms with Gasteiger partial charge in [0.1, 0.15) is 28.7 Å². The predicted molar refractivity (Wildman–Crippen MR) is 76.1 cm³/mol. The van der Waals surface area contributed by atoms with Crippen LogP contribution < -0.4 is 10.2 Å². The van der Waals surface area contributed by atoms with E-state index in [-0.39, 0.29) is 16.6 Å². The summed E-state index contributed by atoms with van der Waals surface area (Å²) < 4.78 is 10.5. The van der Waals surface area contributed by atoms with E-state index in [1.165, 1.54) is 12.3 Å². The second-order valence-electron chi connectivity index (χ2n) is 4.36. The van der Waals surface area contributed by atoms with Gasteiger partial charge in [0, 0.05) is 0 Å². The van der Waals surface area contributed by atoms with E-state index in [0.29, 0.717) is 22.5 Å². The highest BCUT2D eigenvalue weighted by atomic mass is 16.5. The van der Waals surface area contributed by atoms with Gasteiger partial charge in [-0.05, 0) is 29.8 Å². The van der Waals surface area contributed by atoms with Crippen LogP contribution in [0.15, 0.2) is 57.9 Å². The number of hydrogen-bond donors (Lipinski definition) is 1. The fourth-order valence-electron chi connectivity index (χ4n) is 2.13. The summed E-state index contributed by atoms with van der Waals surface area (Å²) in [6, 6.07) is 11.8. The molecular weight excluding hydrogens is 256 g/mol. The van der Waals surface area contributed by atoms with Crippen LogP contribution in [0.5, 0.6) is 11.5 Å². The molecule has 4 nitrogen and oxygen atoms in total. The van der Waals surface area contributed by atoms with Crippen LogP contribution in [-0.2, 0) is 0 Å². The highest BCUT2D eigenvalue weighted by Crippen LogP contribution is 2.26. The third-order valence-corrected chi connectivity index (χ3v) is 3.18. The molecule has 1 N–H and O–H groups in total. The Kier molecular flexibility index (Phi) is 2.91. The third-order valence-electron chi connectivity index (χ3n) is 3.18. The van der Waals surface area contributed by atoms with Gasteiger partial charge in [0.15, 0.2) is 0 Å². The molecule has 0 bridgehead atoms. The molecule has 0 fully saturated rings. The van der Waals surface area contributed by atoms with Crippen LogP contribution in [0.25, 0.3) is 22.1 Å². The van der Waals surface area contributed by atoms with Crippen LogP contribution in [0.2, 0.25) is 0 Å². The first kappa shape index (κ1) is 12.3. The maximum atomic E-state index is 12.5. The summed E-state index contributed by atoms with van der Waals surface area (Å²) in [7, 11) is 1.58. The zero-order chi connectivity index (χ0) is 14.1. The lowest BCUT2D eigenvalue weighted by molar-refractivity contribution is 0.415. The Labute approximate surface area is 114 Å². The second kappa shape index (κ2) is 4.74. The first-order chi connectivity index (χ1) is 9.70. The van der Waals surface area contributed by atoms with Crippen LogP contribution in [0.4, 0.5) is 0 Å². The minimum atomic E-state index is -0.255. The second-order valence-corrected chi connectivity index (χ2v) is 4.36. The molecule has 0 aliphatic heterocycles. The molecule has 0 spiro atoms. The van der Waals surface area contributed by atoms with Crippen LogP contribution in [0.3, 0.4) is 0 Å². The minimum Gasteiger partial charge on any atom is -0.507 e. The topological polar surface area (TPSA) is 59.7 Å². The van der Waals surface area contributed by atoms with Crippen LogP contribution in [0, 0.1) is 0 Å². The van der Waals surface area contributed by atoms with Crippen molar-refractivity contribution in [1.82, 2.24) is 0 Å². The summed E-state index contributed by atoms with van der Waals surface area (Å²) in [5.41, 5.74) is 1.23. The van der Waals surface area contributed by atoms with Crippen molar-refractivity contribution in [3.05, 3.63) is 59.0 Å². The van der Waals surface area contributed by atoms with Crippen molar-refractivity contribution in [3.63, 3.8) is 0 Å². The molecule has 20 heavy (non-hydrogen) atoms. The first-order valence-electron chi connectivity index (χ1n) is 6.08. The molecule has 0 saturated carbocycles. The third kappa shape index (κ3) is 1.91. The average Bonchev–Trinajstić information content (AvgIpc) is 2.48. The molecule has 0 unspecified atom stereocenters. The lowest BCUT2D eigenvalue weighted by Crippen LogP contribution is -2.04. The number of phenolic OH excluding ortho intramolecular Hbond substituents is 1. The summed E-state index contributed by atoms with van der Waals surface area (Å²) >= 11 is 0. The van der Waals surface area contributed by atoms with E-state index < -0.39 is 0 Å². The normalized spacial score (nSPS) is 10.7. The highest BCUT2D eigenvalue weighted by Gasteiger charge is 2.12. The molecule has 0 radical (unpaired) electrons. The highest BCUT2D eigenvalue weighted by molar-refractivity contribution is 5.86. The monoisotopic (exact) mass is 268 g/mol. The van der Waals surface area contributed by atoms with Crippen LogP contribution in [-0.4, -0.2) is 12.2 Å². The number of rotatable bonds is 2. The molecule has 3 rings (SSSR count). The van der Waals surface area contributed by atoms with Crippen molar-refractivity contribution in [1.29, 1.82) is 0 Å². The molecule has 1 aromatic heterocycles. The van der Waals surface area contributed by atoms with Crippen LogP contribution >= 0.6 is 0 Å². The molecule has 0 aliphatic carbocycles. The van der Waals surface area contributed by atoms with Crippen molar-refractivity contribution >= 4 is 11.0 Å². The van der Waals surface area contributed by atoms with Gasteiger partial charge in [-0.1, -0.05) is 18.2 Å². The fourth-order valence-corrected chi connectivity index (χ4v) is 2.13. The van der Waals surface area contributed by atoms with Crippen molar-refractivity contribution in [2.24, 2.45) is 0 Å². The average molecular weight is 268 g/mol. The minimum absolute atomic E-state index is 0.0772. The molecule has 100 valence electrons. The Bertz CT molecular complexity index is 816. The van der Waals surface area contributed by atoms with Crippen molar-refractivity contribution in [2.45, 2.75) is 0 Å². The smallest absolute Gasteiger partial charge is 0.204 e. The largest absolute Gasteiger partial charge is 0.507 e. The summed E-state index contributed by atoms with van der Waals surface area (Å²) in [4.78, 5) is 12.5. The van der Waals surface area contributed by atoms with E-state index in [2.05, 4.69) is 0 Å². The van der Waals surface area contributed by atoms with Gasteiger partial charge < -0.3 is 14.3 Å². The molecule has 0 saturated heterocycles. The first-order valence-corrected chi connectivity index (χ1v) is 6.08. The van der Waals surface area contributed by atoms with Gasteiger partial charge in [-0.3, -0.25) is 4.79 Å². The maximum Gasteiger partial charge on any atom is 0.204 e. The van der Waals surface area contributed by atoms with E-state index >= 15 is 0 Å². The number of benzene rings is 2. The Morgan fingerprint density at radius 3 is 2.55 bits per heavy atom. The Hall–Kier alpha value is -2.75. The molecule has 2 aromatic carbocycles. The summed E-state index contributed by atoms with van der Waals surface area (Å²) in [6.45, 7) is 0. The van der Waals surface area contributed by atoms with Gasteiger partial charge in [0.05, 0.1) is 12.7 Å². The standard InChI is InChI=1S/C16H12O4/c1-19-11-7-5-10(6-8-11)12-9-20-14-4-2-3-13(17)15(14)16(12)18/h2-9,17H,1H3. The molecule has 1 heterocycles. The molecule has 3 aromatic rings. The molecule has 0 aliphatic rings. The van der Waals surface area contributed by atoms with Gasteiger partial charge >= 0.3 is 0 Å². The lowest BCUT2D eigenvalue weighted by Gasteiger charge is -2.05. The van der Waals surface area contributed by atoms with Gasteiger partial charge in [-0.25, -0.2) is 0 Å². The quantitative estimate of drug-likeness (QED) is 0.775. The number of methoxy groups -OCH3 is 1. The summed E-state index contributed by atoms with van der Waals surface area (Å²) in [5, 5.41) is 10.0. The van der Waals surface area contributed by atoms with E-state index in [0.717, 1.165) is 0 Å². The van der Waals surface area contributed by atoms with E-state index in [1.54, 1.807) is 43.5 Å². The fraction of sp³-hybridized carbons (Fsp3) is 0.0625. The van der Waals surface area contributed by atoms with E-state index in [9.17, 15) is 9.90 Å². The Morgan fingerprint density at radius 1 is 1.10 bits per heavy atom. The van der Waals surface area contributed by atoms with Gasteiger partial charge in [0.25, 0.3) is 0 Å². The predicted octanol–water partition coefficient (Wildman–Crippen LogP) is 3.17. The zero-order valence-corrected chi connectivity index (χ0v) is 10.8. The van der Waals surface area contributed by atoms with Crippen molar-refractivity contribution in [2.75, 3.05) is 7.11 Å². The summed E-state index contributed by atoms with van der Waals surface area (Å²) in [5.74, 6) is 0.633. The molecule has 0 amide bonds. The zero-order valence-electron chi connectivity index (χ0n) is 10.8. The Morgan fingerprint density at radius 2 is 1.85 bits per heavy atom. The number of fused-ring (bicyclic) bond motifs is 1. The van der Waals surface area contributed by atoms with Crippen molar-refractivity contribution in [3.8, 4) is 22.6 Å². The number of aromatic hydroxyl groups is 1. The molecule has 0 atom stereocenters. The number of ether oxygens (including phenoxy) is 1. The molecule has 4 heteroatoms. The number of phenols is 1. The molecular formula is C16H12O4. The van der Waals surface area contributed by atoms with Gasteiger partial charge in [-0.2, -0.15) is 0 Å². The van der Waals surface area contributed by atoms with E-state index in [4.69, 9.17) is 9.15 Å². The van der Waals surface area contributed by atoms with Gasteiger partial charge in [0.2, 0.25) is 5.43 Å². The number of hydrogen-bond acceptors (Lipinski definition) is 4. The van der Waals surface area contributed by atoms with Crippen LogP contribution in [0.1, 0.15) is 0 Å². The van der Waals surface area contributed by atoms with Crippen molar-refractivity contribution < 1.29 is 14.3 Å². The maximum absolute atomic E-state index is 12.5.